The molecule has 5 nitrogen and oxygen atoms in total. The van der Waals surface area contributed by atoms with E-state index in [9.17, 15) is 9.59 Å². The fraction of sp³-hybridized carbons (Fsp3) is 0.429. The number of carbonyl (C=O) groups is 2. The number of aliphatic carboxylic acids is 1. The molecule has 0 aliphatic rings. The lowest BCUT2D eigenvalue weighted by Gasteiger charge is -2.13. The number of hydrogen-bond donors (Lipinski definition) is 2. The number of hydrogen-bond acceptors (Lipinski definition) is 3. The highest BCUT2D eigenvalue weighted by molar-refractivity contribution is 5.94. The van der Waals surface area contributed by atoms with E-state index >= 15 is 0 Å². The normalized spacial score (nSPS) is 13.4. The average Bonchev–Trinajstić information content (AvgIpc) is 2.38. The minimum Gasteiger partial charge on any atom is -0.479 e. The Labute approximate surface area is 112 Å². The lowest BCUT2D eigenvalue weighted by molar-refractivity contribution is -0.144. The van der Waals surface area contributed by atoms with Crippen LogP contribution in [0.5, 0.6) is 5.75 Å². The molecule has 2 N–H and O–H groups in total. The Morgan fingerprint density at radius 2 is 2.05 bits per heavy atom. The summed E-state index contributed by atoms with van der Waals surface area (Å²) in [7, 11) is 0. The smallest absolute Gasteiger partial charge is 0.344 e. The lowest BCUT2D eigenvalue weighted by atomic mass is 10.1. The molecule has 5 heteroatoms. The van der Waals surface area contributed by atoms with Crippen LogP contribution in [0.4, 0.5) is 0 Å². The van der Waals surface area contributed by atoms with E-state index in [0.717, 1.165) is 6.42 Å². The number of amides is 1. The first kappa shape index (κ1) is 15.0. The van der Waals surface area contributed by atoms with Crippen LogP contribution < -0.4 is 10.1 Å². The van der Waals surface area contributed by atoms with Crippen molar-refractivity contribution in [3.05, 3.63) is 29.8 Å². The Morgan fingerprint density at radius 3 is 2.63 bits per heavy atom. The molecule has 2 atom stereocenters. The highest BCUT2D eigenvalue weighted by atomic mass is 16.5. The highest BCUT2D eigenvalue weighted by Gasteiger charge is 2.14. The van der Waals surface area contributed by atoms with Crippen molar-refractivity contribution in [1.29, 1.82) is 0 Å². The van der Waals surface area contributed by atoms with Gasteiger partial charge in [0.15, 0.2) is 6.10 Å². The molecule has 1 rings (SSSR count). The molecule has 104 valence electrons. The molecule has 0 spiro atoms. The number of nitrogens with one attached hydrogen (secondary N) is 1. The Balaban J connectivity index is 2.76. The van der Waals surface area contributed by atoms with E-state index in [0.29, 0.717) is 11.3 Å². The summed E-state index contributed by atoms with van der Waals surface area (Å²) in [6, 6.07) is 6.58. The van der Waals surface area contributed by atoms with E-state index in [1.807, 2.05) is 13.8 Å². The predicted molar refractivity (Wildman–Crippen MR) is 71.4 cm³/mol. The number of carboxylic acids is 1. The van der Waals surface area contributed by atoms with Crippen molar-refractivity contribution in [2.45, 2.75) is 39.3 Å². The largest absolute Gasteiger partial charge is 0.479 e. The van der Waals surface area contributed by atoms with Crippen LogP contribution in [-0.4, -0.2) is 29.1 Å². The first-order valence-corrected chi connectivity index (χ1v) is 6.24. The van der Waals surface area contributed by atoms with Gasteiger partial charge >= 0.3 is 5.97 Å². The summed E-state index contributed by atoms with van der Waals surface area (Å²) in [5, 5.41) is 11.6. The van der Waals surface area contributed by atoms with Gasteiger partial charge in [0.2, 0.25) is 0 Å². The molecule has 1 amide bonds. The first-order chi connectivity index (χ1) is 8.93. The molecule has 1 aromatic carbocycles. The van der Waals surface area contributed by atoms with Crippen LogP contribution >= 0.6 is 0 Å². The molecule has 0 saturated heterocycles. The van der Waals surface area contributed by atoms with Gasteiger partial charge in [0.25, 0.3) is 5.91 Å². The van der Waals surface area contributed by atoms with Crippen molar-refractivity contribution in [2.75, 3.05) is 0 Å². The zero-order valence-electron chi connectivity index (χ0n) is 11.3. The summed E-state index contributed by atoms with van der Waals surface area (Å²) in [6.45, 7) is 5.35. The van der Waals surface area contributed by atoms with Crippen molar-refractivity contribution in [2.24, 2.45) is 0 Å². The van der Waals surface area contributed by atoms with Gasteiger partial charge in [0.1, 0.15) is 5.75 Å². The average molecular weight is 265 g/mol. The fourth-order valence-electron chi connectivity index (χ4n) is 1.37. The van der Waals surface area contributed by atoms with Crippen LogP contribution in [0.15, 0.2) is 24.3 Å². The zero-order chi connectivity index (χ0) is 14.4. The SMILES string of the molecule is CCC(C)NC(=O)c1cccc(OC(C)C(=O)O)c1. The van der Waals surface area contributed by atoms with Gasteiger partial charge in [-0.1, -0.05) is 13.0 Å². The Morgan fingerprint density at radius 1 is 1.37 bits per heavy atom. The molecule has 2 unspecified atom stereocenters. The van der Waals surface area contributed by atoms with Crippen molar-refractivity contribution >= 4 is 11.9 Å². The van der Waals surface area contributed by atoms with Gasteiger partial charge in [-0.3, -0.25) is 4.79 Å². The molecule has 1 aromatic rings. The van der Waals surface area contributed by atoms with Crippen molar-refractivity contribution in [3.63, 3.8) is 0 Å². The lowest BCUT2D eigenvalue weighted by Crippen LogP contribution is -2.32. The number of rotatable bonds is 6. The second-order valence-corrected chi connectivity index (χ2v) is 4.41. The first-order valence-electron chi connectivity index (χ1n) is 6.24. The van der Waals surface area contributed by atoms with Crippen molar-refractivity contribution in [1.82, 2.24) is 5.32 Å². The highest BCUT2D eigenvalue weighted by Crippen LogP contribution is 2.15. The van der Waals surface area contributed by atoms with E-state index in [-0.39, 0.29) is 11.9 Å². The van der Waals surface area contributed by atoms with Gasteiger partial charge in [0.05, 0.1) is 0 Å². The second kappa shape index (κ2) is 6.78. The molecule has 0 fully saturated rings. The third-order valence-corrected chi connectivity index (χ3v) is 2.75. The van der Waals surface area contributed by atoms with E-state index in [1.54, 1.807) is 18.2 Å². The fourth-order valence-corrected chi connectivity index (χ4v) is 1.37. The molecular weight excluding hydrogens is 246 g/mol. The second-order valence-electron chi connectivity index (χ2n) is 4.41. The van der Waals surface area contributed by atoms with Gasteiger partial charge in [-0.05, 0) is 38.5 Å². The third kappa shape index (κ3) is 4.62. The number of benzene rings is 1. The summed E-state index contributed by atoms with van der Waals surface area (Å²) in [5.74, 6) is -0.871. The van der Waals surface area contributed by atoms with Crippen LogP contribution in [0, 0.1) is 0 Å². The molecule has 0 saturated carbocycles. The summed E-state index contributed by atoms with van der Waals surface area (Å²) in [6.07, 6.45) is -0.106. The van der Waals surface area contributed by atoms with Gasteiger partial charge in [-0.2, -0.15) is 0 Å². The maximum Gasteiger partial charge on any atom is 0.344 e. The predicted octanol–water partition coefficient (Wildman–Crippen LogP) is 2.07. The third-order valence-electron chi connectivity index (χ3n) is 2.75. The van der Waals surface area contributed by atoms with Gasteiger partial charge < -0.3 is 15.2 Å². The standard InChI is InChI=1S/C14H19NO4/c1-4-9(2)15-13(16)11-6-5-7-12(8-11)19-10(3)14(17)18/h5-10H,4H2,1-3H3,(H,15,16)(H,17,18). The van der Waals surface area contributed by atoms with E-state index < -0.39 is 12.1 Å². The Kier molecular flexibility index (Phi) is 5.36. The summed E-state index contributed by atoms with van der Waals surface area (Å²) >= 11 is 0. The quantitative estimate of drug-likeness (QED) is 0.825. The summed E-state index contributed by atoms with van der Waals surface area (Å²) < 4.78 is 5.22. The topological polar surface area (TPSA) is 75.6 Å². The van der Waals surface area contributed by atoms with Crippen molar-refractivity contribution < 1.29 is 19.4 Å². The van der Waals surface area contributed by atoms with Gasteiger partial charge in [0, 0.05) is 11.6 Å². The number of ether oxygens (including phenoxy) is 1. The van der Waals surface area contributed by atoms with Crippen LogP contribution in [0.25, 0.3) is 0 Å². The Bertz CT molecular complexity index is 459. The van der Waals surface area contributed by atoms with E-state index in [1.165, 1.54) is 13.0 Å². The number of carboxylic acid groups (broad SMARTS) is 1. The minimum absolute atomic E-state index is 0.0926. The molecule has 0 heterocycles. The minimum atomic E-state index is -1.05. The monoisotopic (exact) mass is 265 g/mol. The summed E-state index contributed by atoms with van der Waals surface area (Å²) in [5.41, 5.74) is 0.454. The molecular formula is C14H19NO4. The van der Waals surface area contributed by atoms with Gasteiger partial charge in [-0.25, -0.2) is 4.79 Å². The Hall–Kier alpha value is -2.04. The molecule has 0 aromatic heterocycles. The maximum absolute atomic E-state index is 11.9. The van der Waals surface area contributed by atoms with E-state index in [2.05, 4.69) is 5.32 Å². The van der Waals surface area contributed by atoms with Crippen LogP contribution in [0.1, 0.15) is 37.6 Å². The van der Waals surface area contributed by atoms with Gasteiger partial charge in [-0.15, -0.1) is 0 Å². The van der Waals surface area contributed by atoms with Crippen LogP contribution in [0.2, 0.25) is 0 Å². The van der Waals surface area contributed by atoms with E-state index in [4.69, 9.17) is 9.84 Å². The molecule has 0 aliphatic heterocycles. The summed E-state index contributed by atoms with van der Waals surface area (Å²) in [4.78, 5) is 22.6. The number of carbonyl (C=O) groups excluding carboxylic acids is 1. The maximum atomic E-state index is 11.9. The molecule has 0 radical (unpaired) electrons. The molecule has 0 aliphatic carbocycles. The molecule has 19 heavy (non-hydrogen) atoms. The van der Waals surface area contributed by atoms with Crippen LogP contribution in [0.3, 0.4) is 0 Å². The van der Waals surface area contributed by atoms with Crippen molar-refractivity contribution in [3.8, 4) is 5.75 Å². The zero-order valence-corrected chi connectivity index (χ0v) is 11.3. The van der Waals surface area contributed by atoms with Crippen LogP contribution in [-0.2, 0) is 4.79 Å². The molecule has 0 bridgehead atoms.